The van der Waals surface area contributed by atoms with Crippen LogP contribution in [0, 0.1) is 6.92 Å². The molecule has 2 aromatic rings. The van der Waals surface area contributed by atoms with Gasteiger partial charge in [0.1, 0.15) is 0 Å². The zero-order valence-electron chi connectivity index (χ0n) is 13.6. The number of Topliss-reactive ketones (excluding diaryl/α,β-unsaturated/α-hetero) is 1. The number of hydrogen-bond acceptors (Lipinski definition) is 6. The van der Waals surface area contributed by atoms with Gasteiger partial charge in [0.15, 0.2) is 5.78 Å². The first-order chi connectivity index (χ1) is 11.6. The molecule has 0 saturated carbocycles. The van der Waals surface area contributed by atoms with Gasteiger partial charge in [0, 0.05) is 56.7 Å². The first kappa shape index (κ1) is 16.3. The minimum Gasteiger partial charge on any atom is -0.425 e. The number of likely N-dealkylation sites (tertiary alicyclic amines) is 1. The number of rotatable bonds is 5. The van der Waals surface area contributed by atoms with Crippen LogP contribution < -0.4 is 0 Å². The Kier molecular flexibility index (Phi) is 4.98. The fraction of sp³-hybridized carbons (Fsp3) is 0.471. The second kappa shape index (κ2) is 7.33. The molecule has 1 aliphatic rings. The van der Waals surface area contributed by atoms with E-state index in [-0.39, 0.29) is 30.4 Å². The number of ketones is 1. The van der Waals surface area contributed by atoms with Crippen molar-refractivity contribution in [3.05, 3.63) is 41.9 Å². The lowest BCUT2D eigenvalue weighted by atomic mass is 9.96. The van der Waals surface area contributed by atoms with Crippen LogP contribution in [0.5, 0.6) is 0 Å². The first-order valence-corrected chi connectivity index (χ1v) is 8.14. The Labute approximate surface area is 140 Å². The zero-order valence-corrected chi connectivity index (χ0v) is 13.6. The molecular weight excluding hydrogens is 308 g/mol. The highest BCUT2D eigenvalue weighted by molar-refractivity contribution is 5.97. The summed E-state index contributed by atoms with van der Waals surface area (Å²) in [6, 6.07) is 3.44. The molecule has 1 amide bonds. The smallest absolute Gasteiger partial charge is 0.223 e. The molecule has 0 aliphatic carbocycles. The van der Waals surface area contributed by atoms with Crippen molar-refractivity contribution >= 4 is 11.7 Å². The number of hydrogen-bond donors (Lipinski definition) is 0. The maximum atomic E-state index is 12.3. The molecule has 126 valence electrons. The van der Waals surface area contributed by atoms with Crippen molar-refractivity contribution in [3.8, 4) is 0 Å². The van der Waals surface area contributed by atoms with E-state index >= 15 is 0 Å². The molecule has 0 atom stereocenters. The third-order valence-corrected chi connectivity index (χ3v) is 4.29. The molecule has 0 unspecified atom stereocenters. The summed E-state index contributed by atoms with van der Waals surface area (Å²) in [6.07, 6.45) is 5.22. The predicted octanol–water partition coefficient (Wildman–Crippen LogP) is 2.14. The topological polar surface area (TPSA) is 89.2 Å². The van der Waals surface area contributed by atoms with Gasteiger partial charge in [0.05, 0.1) is 0 Å². The summed E-state index contributed by atoms with van der Waals surface area (Å²) < 4.78 is 5.47. The van der Waals surface area contributed by atoms with Crippen LogP contribution in [0.25, 0.3) is 0 Å². The van der Waals surface area contributed by atoms with Crippen LogP contribution in [0.3, 0.4) is 0 Å². The Morgan fingerprint density at radius 3 is 2.67 bits per heavy atom. The van der Waals surface area contributed by atoms with Gasteiger partial charge in [-0.25, -0.2) is 0 Å². The fourth-order valence-electron chi connectivity index (χ4n) is 2.90. The number of carbonyl (C=O) groups is 2. The van der Waals surface area contributed by atoms with Crippen molar-refractivity contribution in [3.63, 3.8) is 0 Å². The molecule has 1 aliphatic heterocycles. The van der Waals surface area contributed by atoms with E-state index < -0.39 is 0 Å². The minimum absolute atomic E-state index is 0.0207. The number of carbonyl (C=O) groups excluding carboxylic acids is 2. The summed E-state index contributed by atoms with van der Waals surface area (Å²) in [6.45, 7) is 3.09. The summed E-state index contributed by atoms with van der Waals surface area (Å²) in [4.78, 5) is 30.1. The summed E-state index contributed by atoms with van der Waals surface area (Å²) in [5, 5.41) is 7.92. The van der Waals surface area contributed by atoms with Gasteiger partial charge in [-0.05, 0) is 25.0 Å². The molecular formula is C17H20N4O3. The van der Waals surface area contributed by atoms with E-state index in [1.165, 1.54) is 6.20 Å². The fourth-order valence-corrected chi connectivity index (χ4v) is 2.90. The standard InChI is InChI=1S/C17H20N4O3/c1-12-19-20-17(24-12)13-6-9-21(10-7-13)16(23)5-4-15(22)14-3-2-8-18-11-14/h2-3,8,11,13H,4-7,9-10H2,1H3. The third kappa shape index (κ3) is 3.84. The molecule has 1 saturated heterocycles. The number of aryl methyl sites for hydroxylation is 1. The van der Waals surface area contributed by atoms with Crippen molar-refractivity contribution in [1.82, 2.24) is 20.1 Å². The van der Waals surface area contributed by atoms with E-state index in [0.29, 0.717) is 30.4 Å². The average molecular weight is 328 g/mol. The van der Waals surface area contributed by atoms with Gasteiger partial charge in [-0.2, -0.15) is 0 Å². The van der Waals surface area contributed by atoms with E-state index in [1.807, 2.05) is 4.90 Å². The lowest BCUT2D eigenvalue weighted by Gasteiger charge is -2.30. The Hall–Kier alpha value is -2.57. The van der Waals surface area contributed by atoms with Crippen LogP contribution in [0.2, 0.25) is 0 Å². The summed E-state index contributed by atoms with van der Waals surface area (Å²) in [5.74, 6) is 1.41. The van der Waals surface area contributed by atoms with Crippen molar-refractivity contribution < 1.29 is 14.0 Å². The molecule has 0 bridgehead atoms. The number of piperidine rings is 1. The Morgan fingerprint density at radius 1 is 1.25 bits per heavy atom. The van der Waals surface area contributed by atoms with Crippen molar-refractivity contribution in [1.29, 1.82) is 0 Å². The molecule has 0 spiro atoms. The molecule has 0 N–H and O–H groups in total. The molecule has 7 heteroatoms. The second-order valence-electron chi connectivity index (χ2n) is 5.98. The van der Waals surface area contributed by atoms with E-state index in [2.05, 4.69) is 15.2 Å². The van der Waals surface area contributed by atoms with Crippen LogP contribution >= 0.6 is 0 Å². The molecule has 3 rings (SSSR count). The van der Waals surface area contributed by atoms with Gasteiger partial charge < -0.3 is 9.32 Å². The predicted molar refractivity (Wildman–Crippen MR) is 85.4 cm³/mol. The van der Waals surface area contributed by atoms with Gasteiger partial charge in [-0.15, -0.1) is 10.2 Å². The molecule has 0 radical (unpaired) electrons. The maximum absolute atomic E-state index is 12.3. The van der Waals surface area contributed by atoms with Gasteiger partial charge in [0.2, 0.25) is 17.7 Å². The summed E-state index contributed by atoms with van der Waals surface area (Å²) >= 11 is 0. The monoisotopic (exact) mass is 328 g/mol. The lowest BCUT2D eigenvalue weighted by molar-refractivity contribution is -0.132. The largest absolute Gasteiger partial charge is 0.425 e. The molecule has 0 aromatic carbocycles. The highest BCUT2D eigenvalue weighted by atomic mass is 16.4. The van der Waals surface area contributed by atoms with E-state index in [1.54, 1.807) is 25.3 Å². The van der Waals surface area contributed by atoms with E-state index in [4.69, 9.17) is 4.42 Å². The minimum atomic E-state index is -0.0485. The number of aromatic nitrogens is 3. The third-order valence-electron chi connectivity index (χ3n) is 4.29. The van der Waals surface area contributed by atoms with Crippen LogP contribution in [-0.2, 0) is 4.79 Å². The van der Waals surface area contributed by atoms with Crippen molar-refractivity contribution in [2.75, 3.05) is 13.1 Å². The molecule has 24 heavy (non-hydrogen) atoms. The summed E-state index contributed by atoms with van der Waals surface area (Å²) in [5.41, 5.74) is 0.552. The van der Waals surface area contributed by atoms with Gasteiger partial charge >= 0.3 is 0 Å². The van der Waals surface area contributed by atoms with Gasteiger partial charge in [-0.1, -0.05) is 0 Å². The van der Waals surface area contributed by atoms with Gasteiger partial charge in [0.25, 0.3) is 0 Å². The van der Waals surface area contributed by atoms with Crippen LogP contribution in [0.1, 0.15) is 53.7 Å². The Balaban J connectivity index is 1.46. The van der Waals surface area contributed by atoms with Crippen molar-refractivity contribution in [2.45, 2.75) is 38.5 Å². The quantitative estimate of drug-likeness (QED) is 0.781. The number of pyridine rings is 1. The Bertz CT molecular complexity index is 706. The highest BCUT2D eigenvalue weighted by Gasteiger charge is 2.27. The van der Waals surface area contributed by atoms with Crippen molar-refractivity contribution in [2.24, 2.45) is 0 Å². The second-order valence-corrected chi connectivity index (χ2v) is 5.98. The molecule has 2 aromatic heterocycles. The van der Waals surface area contributed by atoms with E-state index in [0.717, 1.165) is 12.8 Å². The Morgan fingerprint density at radius 2 is 2.04 bits per heavy atom. The number of amides is 1. The van der Waals surface area contributed by atoms with E-state index in [9.17, 15) is 9.59 Å². The maximum Gasteiger partial charge on any atom is 0.223 e. The number of nitrogens with zero attached hydrogens (tertiary/aromatic N) is 4. The molecule has 1 fully saturated rings. The lowest BCUT2D eigenvalue weighted by Crippen LogP contribution is -2.38. The SMILES string of the molecule is Cc1nnc(C2CCN(C(=O)CCC(=O)c3cccnc3)CC2)o1. The summed E-state index contributed by atoms with van der Waals surface area (Å²) in [7, 11) is 0. The van der Waals surface area contributed by atoms with Crippen LogP contribution in [0.4, 0.5) is 0 Å². The van der Waals surface area contributed by atoms with Crippen LogP contribution in [-0.4, -0.2) is 44.9 Å². The zero-order chi connectivity index (χ0) is 16.9. The molecule has 3 heterocycles. The average Bonchev–Trinajstić information content (AvgIpc) is 3.06. The highest BCUT2D eigenvalue weighted by Crippen LogP contribution is 2.27. The van der Waals surface area contributed by atoms with Gasteiger partial charge in [-0.3, -0.25) is 14.6 Å². The first-order valence-electron chi connectivity index (χ1n) is 8.14. The normalized spacial score (nSPS) is 15.5. The molecule has 7 nitrogen and oxygen atoms in total. The van der Waals surface area contributed by atoms with Crippen LogP contribution in [0.15, 0.2) is 28.9 Å².